The zero-order valence-electron chi connectivity index (χ0n) is 14.7. The molecule has 1 amide bonds. The monoisotopic (exact) mass is 344 g/mol. The van der Waals surface area contributed by atoms with E-state index in [2.05, 4.69) is 11.9 Å². The van der Waals surface area contributed by atoms with E-state index in [4.69, 9.17) is 4.98 Å². The molecule has 1 aliphatic rings. The molecule has 2 aromatic heterocycles. The lowest BCUT2D eigenvalue weighted by molar-refractivity contribution is 0.0712. The summed E-state index contributed by atoms with van der Waals surface area (Å²) in [7, 11) is 5.81. The van der Waals surface area contributed by atoms with Gasteiger partial charge in [0.05, 0.1) is 21.6 Å². The number of aryl methyl sites for hydroxylation is 2. The quantitative estimate of drug-likeness (QED) is 0.854. The van der Waals surface area contributed by atoms with Gasteiger partial charge in [-0.1, -0.05) is 6.92 Å². The van der Waals surface area contributed by atoms with Crippen LogP contribution in [0.2, 0.25) is 0 Å². The number of rotatable bonds is 4. The van der Waals surface area contributed by atoms with Gasteiger partial charge in [0.2, 0.25) is 0 Å². The van der Waals surface area contributed by atoms with Crippen molar-refractivity contribution in [3.05, 3.63) is 39.6 Å². The summed E-state index contributed by atoms with van der Waals surface area (Å²) in [5.74, 6) is -0.0250. The minimum absolute atomic E-state index is 0.0250. The van der Waals surface area contributed by atoms with Crippen molar-refractivity contribution in [2.45, 2.75) is 38.6 Å². The van der Waals surface area contributed by atoms with Crippen LogP contribution in [0, 0.1) is 0 Å². The highest BCUT2D eigenvalue weighted by atomic mass is 32.1. The van der Waals surface area contributed by atoms with E-state index >= 15 is 0 Å². The zero-order chi connectivity index (χ0) is 17.3. The molecule has 0 radical (unpaired) electrons. The van der Waals surface area contributed by atoms with Crippen molar-refractivity contribution < 1.29 is 4.79 Å². The number of amides is 1. The maximum Gasteiger partial charge on any atom is 0.272 e. The molecule has 2 aromatic rings. The Morgan fingerprint density at radius 3 is 2.88 bits per heavy atom. The van der Waals surface area contributed by atoms with Crippen LogP contribution in [0.15, 0.2) is 18.3 Å². The number of hydrogen-bond donors (Lipinski definition) is 0. The Balaban J connectivity index is 1.87. The number of fused-ring (bicyclic) bond motifs is 1. The molecule has 128 valence electrons. The molecule has 0 saturated heterocycles. The molecule has 1 unspecified atom stereocenters. The minimum atomic E-state index is -0.0250. The highest BCUT2D eigenvalue weighted by Gasteiger charge is 2.30. The summed E-state index contributed by atoms with van der Waals surface area (Å²) in [4.78, 5) is 27.0. The lowest BCUT2D eigenvalue weighted by atomic mass is 9.97. The number of nitrogens with zero attached hydrogens (tertiary/aromatic N) is 4. The highest BCUT2D eigenvalue weighted by molar-refractivity contribution is 7.11. The van der Waals surface area contributed by atoms with Crippen LogP contribution in [0.4, 0.5) is 5.69 Å². The molecular formula is C18H24N4OS. The van der Waals surface area contributed by atoms with E-state index in [0.717, 1.165) is 31.4 Å². The predicted octanol–water partition coefficient (Wildman–Crippen LogP) is 3.32. The average molecular weight is 344 g/mol. The standard InChI is InChI=1S/C18H24N4OS/c1-5-16-20-13-7-6-8-15(17(13)24-16)22(4)18(23)14-11-12(21(2)3)9-10-19-14/h9-11,15H,5-8H2,1-4H3. The van der Waals surface area contributed by atoms with Crippen LogP contribution in [0.3, 0.4) is 0 Å². The van der Waals surface area contributed by atoms with Gasteiger partial charge in [-0.05, 0) is 37.8 Å². The summed E-state index contributed by atoms with van der Waals surface area (Å²) in [6, 6.07) is 3.88. The molecule has 0 bridgehead atoms. The van der Waals surface area contributed by atoms with Crippen molar-refractivity contribution >= 4 is 22.9 Å². The molecule has 24 heavy (non-hydrogen) atoms. The van der Waals surface area contributed by atoms with Crippen LogP contribution in [0.1, 0.15) is 51.9 Å². The SMILES string of the molecule is CCc1nc2c(s1)C(N(C)C(=O)c1cc(N(C)C)ccn1)CCC2. The first-order valence-electron chi connectivity index (χ1n) is 8.40. The molecule has 1 atom stereocenters. The smallest absolute Gasteiger partial charge is 0.272 e. The Morgan fingerprint density at radius 2 is 2.17 bits per heavy atom. The van der Waals surface area contributed by atoms with Gasteiger partial charge < -0.3 is 9.80 Å². The number of hydrogen-bond acceptors (Lipinski definition) is 5. The van der Waals surface area contributed by atoms with Crippen LogP contribution >= 0.6 is 11.3 Å². The molecule has 0 aliphatic heterocycles. The maximum absolute atomic E-state index is 12.9. The average Bonchev–Trinajstić information content (AvgIpc) is 3.03. The van der Waals surface area contributed by atoms with Crippen molar-refractivity contribution in [3.63, 3.8) is 0 Å². The summed E-state index contributed by atoms with van der Waals surface area (Å²) in [5.41, 5.74) is 2.66. The van der Waals surface area contributed by atoms with Crippen molar-refractivity contribution in [2.24, 2.45) is 0 Å². The van der Waals surface area contributed by atoms with Gasteiger partial charge in [0.25, 0.3) is 5.91 Å². The molecule has 2 heterocycles. The van der Waals surface area contributed by atoms with Gasteiger partial charge in [0, 0.05) is 33.0 Å². The van der Waals surface area contributed by atoms with Gasteiger partial charge in [-0.3, -0.25) is 9.78 Å². The summed E-state index contributed by atoms with van der Waals surface area (Å²) < 4.78 is 0. The first kappa shape index (κ1) is 16.9. The van der Waals surface area contributed by atoms with Crippen LogP contribution < -0.4 is 4.90 Å². The van der Waals surface area contributed by atoms with E-state index in [-0.39, 0.29) is 11.9 Å². The number of pyridine rings is 1. The summed E-state index contributed by atoms with van der Waals surface area (Å²) in [6.07, 6.45) is 5.75. The number of carbonyl (C=O) groups excluding carboxylic acids is 1. The van der Waals surface area contributed by atoms with Gasteiger partial charge in [-0.25, -0.2) is 4.98 Å². The largest absolute Gasteiger partial charge is 0.378 e. The fourth-order valence-corrected chi connectivity index (χ4v) is 4.34. The second-order valence-electron chi connectivity index (χ2n) is 6.39. The molecule has 0 fully saturated rings. The summed E-state index contributed by atoms with van der Waals surface area (Å²) >= 11 is 1.76. The Morgan fingerprint density at radius 1 is 1.38 bits per heavy atom. The molecule has 0 spiro atoms. The van der Waals surface area contributed by atoms with E-state index in [1.165, 1.54) is 15.6 Å². The zero-order valence-corrected chi connectivity index (χ0v) is 15.6. The first-order valence-corrected chi connectivity index (χ1v) is 9.22. The lowest BCUT2D eigenvalue weighted by Gasteiger charge is -2.30. The van der Waals surface area contributed by atoms with E-state index in [1.807, 2.05) is 43.1 Å². The minimum Gasteiger partial charge on any atom is -0.378 e. The van der Waals surface area contributed by atoms with E-state index < -0.39 is 0 Å². The third-order valence-corrected chi connectivity index (χ3v) is 5.88. The van der Waals surface area contributed by atoms with Crippen LogP contribution in [0.5, 0.6) is 0 Å². The van der Waals surface area contributed by atoms with Crippen LogP contribution in [-0.4, -0.2) is 41.9 Å². The fourth-order valence-electron chi connectivity index (χ4n) is 3.11. The molecular weight excluding hydrogens is 320 g/mol. The van der Waals surface area contributed by atoms with Crippen LogP contribution in [-0.2, 0) is 12.8 Å². The number of thiazole rings is 1. The topological polar surface area (TPSA) is 49.3 Å². The second-order valence-corrected chi connectivity index (χ2v) is 7.51. The van der Waals surface area contributed by atoms with Gasteiger partial charge in [-0.15, -0.1) is 11.3 Å². The Bertz CT molecular complexity index is 740. The number of aromatic nitrogens is 2. The second kappa shape index (κ2) is 6.89. The molecule has 0 aromatic carbocycles. The third kappa shape index (κ3) is 3.15. The van der Waals surface area contributed by atoms with Gasteiger partial charge in [-0.2, -0.15) is 0 Å². The predicted molar refractivity (Wildman–Crippen MR) is 97.8 cm³/mol. The summed E-state index contributed by atoms with van der Waals surface area (Å²) in [5, 5.41) is 1.17. The van der Waals surface area contributed by atoms with Gasteiger partial charge in [0.15, 0.2) is 0 Å². The Hall–Kier alpha value is -1.95. The molecule has 1 aliphatic carbocycles. The van der Waals surface area contributed by atoms with Crippen molar-refractivity contribution in [1.29, 1.82) is 0 Å². The van der Waals surface area contributed by atoms with Crippen molar-refractivity contribution in [2.75, 3.05) is 26.0 Å². The third-order valence-electron chi connectivity index (χ3n) is 4.53. The number of anilines is 1. The normalized spacial score (nSPS) is 16.6. The molecule has 6 heteroatoms. The number of carbonyl (C=O) groups is 1. The first-order chi connectivity index (χ1) is 11.5. The molecule has 5 nitrogen and oxygen atoms in total. The lowest BCUT2D eigenvalue weighted by Crippen LogP contribution is -2.33. The van der Waals surface area contributed by atoms with E-state index in [9.17, 15) is 4.79 Å². The van der Waals surface area contributed by atoms with Crippen molar-refractivity contribution in [1.82, 2.24) is 14.9 Å². The fraction of sp³-hybridized carbons (Fsp3) is 0.500. The molecule has 0 saturated carbocycles. The van der Waals surface area contributed by atoms with Crippen molar-refractivity contribution in [3.8, 4) is 0 Å². The molecule has 0 N–H and O–H groups in total. The van der Waals surface area contributed by atoms with Crippen LogP contribution in [0.25, 0.3) is 0 Å². The van der Waals surface area contributed by atoms with E-state index in [0.29, 0.717) is 5.69 Å². The maximum atomic E-state index is 12.9. The van der Waals surface area contributed by atoms with Gasteiger partial charge in [0.1, 0.15) is 5.69 Å². The Labute approximate surface area is 147 Å². The molecule has 3 rings (SSSR count). The highest BCUT2D eigenvalue weighted by Crippen LogP contribution is 2.38. The summed E-state index contributed by atoms with van der Waals surface area (Å²) in [6.45, 7) is 2.13. The Kier molecular flexibility index (Phi) is 4.85. The van der Waals surface area contributed by atoms with E-state index in [1.54, 1.807) is 17.5 Å². The van der Waals surface area contributed by atoms with Gasteiger partial charge >= 0.3 is 0 Å².